The van der Waals surface area contributed by atoms with Gasteiger partial charge in [0.2, 0.25) is 10.0 Å². The minimum atomic E-state index is -4.28. The van der Waals surface area contributed by atoms with Crippen LogP contribution in [0.5, 0.6) is 0 Å². The Morgan fingerprint density at radius 1 is 1.03 bits per heavy atom. The van der Waals surface area contributed by atoms with Crippen LogP contribution in [0.25, 0.3) is 0 Å². The third-order valence-corrected chi connectivity index (χ3v) is 8.11. The fourth-order valence-electron chi connectivity index (χ4n) is 3.12. The molecule has 1 fully saturated rings. The zero-order valence-corrected chi connectivity index (χ0v) is 18.8. The first-order valence-corrected chi connectivity index (χ1v) is 12.9. The summed E-state index contributed by atoms with van der Waals surface area (Å²) in [6.45, 7) is 3.61. The molecule has 0 aliphatic carbocycles. The maximum atomic E-state index is 14.1. The second-order valence-corrected chi connectivity index (χ2v) is 10.6. The van der Waals surface area contributed by atoms with Crippen molar-refractivity contribution >= 4 is 31.4 Å². The number of benzene rings is 2. The fourth-order valence-corrected chi connectivity index (χ4v) is 5.71. The highest BCUT2D eigenvalue weighted by molar-refractivity contribution is 7.92. The maximum Gasteiger partial charge on any atom is 0.264 e. The van der Waals surface area contributed by atoms with Crippen LogP contribution in [-0.4, -0.2) is 54.0 Å². The Kier molecular flexibility index (Phi) is 7.52. The molecule has 0 aromatic heterocycles. The van der Waals surface area contributed by atoms with Crippen molar-refractivity contribution in [3.8, 4) is 0 Å². The van der Waals surface area contributed by atoms with Crippen LogP contribution in [0.15, 0.2) is 52.3 Å². The predicted octanol–water partition coefficient (Wildman–Crippen LogP) is 2.86. The average Bonchev–Trinajstić information content (AvgIpc) is 2.75. The van der Waals surface area contributed by atoms with E-state index in [1.807, 2.05) is 6.92 Å². The van der Waals surface area contributed by atoms with Crippen molar-refractivity contribution in [3.05, 3.63) is 48.3 Å². The van der Waals surface area contributed by atoms with Gasteiger partial charge in [-0.25, -0.2) is 21.2 Å². The predicted molar refractivity (Wildman–Crippen MR) is 117 cm³/mol. The molecule has 0 amide bonds. The van der Waals surface area contributed by atoms with Crippen molar-refractivity contribution in [2.75, 3.05) is 42.9 Å². The molecule has 170 valence electrons. The van der Waals surface area contributed by atoms with Gasteiger partial charge in [0, 0.05) is 19.6 Å². The van der Waals surface area contributed by atoms with E-state index in [0.717, 1.165) is 25.0 Å². The van der Waals surface area contributed by atoms with Crippen LogP contribution >= 0.6 is 0 Å². The van der Waals surface area contributed by atoms with E-state index in [4.69, 9.17) is 4.74 Å². The van der Waals surface area contributed by atoms with Crippen LogP contribution in [0.3, 0.4) is 0 Å². The van der Waals surface area contributed by atoms with Crippen LogP contribution in [0, 0.1) is 5.82 Å². The molecule has 0 radical (unpaired) electrons. The highest BCUT2D eigenvalue weighted by Crippen LogP contribution is 2.30. The minimum Gasteiger partial charge on any atom is -0.383 e. The smallest absolute Gasteiger partial charge is 0.264 e. The SMILES string of the molecule is CCCCNc1ccc(S(=O)(=O)N2CCOCC2)cc1NS(=O)(=O)c1ccccc1F. The summed E-state index contributed by atoms with van der Waals surface area (Å²) in [6, 6.07) is 9.21. The lowest BCUT2D eigenvalue weighted by Crippen LogP contribution is -2.40. The Bertz CT molecular complexity index is 1120. The summed E-state index contributed by atoms with van der Waals surface area (Å²) in [5, 5.41) is 3.11. The van der Waals surface area contributed by atoms with Crippen LogP contribution in [0.1, 0.15) is 19.8 Å². The van der Waals surface area contributed by atoms with Crippen LogP contribution in [0.4, 0.5) is 15.8 Å². The molecule has 31 heavy (non-hydrogen) atoms. The first kappa shape index (κ1) is 23.5. The molecule has 0 bridgehead atoms. The Balaban J connectivity index is 1.99. The van der Waals surface area contributed by atoms with Crippen molar-refractivity contribution in [2.45, 2.75) is 29.6 Å². The molecule has 2 aromatic rings. The van der Waals surface area contributed by atoms with E-state index >= 15 is 0 Å². The van der Waals surface area contributed by atoms with E-state index in [1.54, 1.807) is 0 Å². The topological polar surface area (TPSA) is 105 Å². The fraction of sp³-hybridized carbons (Fsp3) is 0.400. The third-order valence-electron chi connectivity index (χ3n) is 4.82. The monoisotopic (exact) mass is 471 g/mol. The third kappa shape index (κ3) is 5.53. The standard InChI is InChI=1S/C20H26FN3O5S2/c1-2-3-10-22-18-9-8-16(31(27,28)24-11-13-29-14-12-24)15-19(18)23-30(25,26)20-7-5-4-6-17(20)21/h4-9,15,22-23H,2-3,10-14H2,1H3. The van der Waals surface area contributed by atoms with Gasteiger partial charge in [0.1, 0.15) is 10.7 Å². The van der Waals surface area contributed by atoms with Crippen molar-refractivity contribution in [1.82, 2.24) is 4.31 Å². The van der Waals surface area contributed by atoms with Gasteiger partial charge in [-0.05, 0) is 36.8 Å². The number of unbranched alkanes of at least 4 members (excludes halogenated alkanes) is 1. The van der Waals surface area contributed by atoms with Gasteiger partial charge in [-0.3, -0.25) is 4.72 Å². The van der Waals surface area contributed by atoms with E-state index in [0.29, 0.717) is 25.4 Å². The molecule has 0 atom stereocenters. The van der Waals surface area contributed by atoms with Gasteiger partial charge >= 0.3 is 0 Å². The molecule has 8 nitrogen and oxygen atoms in total. The Labute approximate surface area is 182 Å². The van der Waals surface area contributed by atoms with E-state index in [2.05, 4.69) is 10.0 Å². The molecule has 2 N–H and O–H groups in total. The number of morpholine rings is 1. The van der Waals surface area contributed by atoms with Crippen molar-refractivity contribution in [2.24, 2.45) is 0 Å². The van der Waals surface area contributed by atoms with Crippen molar-refractivity contribution < 1.29 is 26.0 Å². The molecule has 0 unspecified atom stereocenters. The van der Waals surface area contributed by atoms with E-state index < -0.39 is 30.8 Å². The van der Waals surface area contributed by atoms with E-state index in [-0.39, 0.29) is 23.7 Å². The molecule has 2 aromatic carbocycles. The lowest BCUT2D eigenvalue weighted by atomic mass is 10.2. The average molecular weight is 472 g/mol. The number of hydrogen-bond acceptors (Lipinski definition) is 6. The number of halogens is 1. The van der Waals surface area contributed by atoms with Gasteiger partial charge in [-0.1, -0.05) is 25.5 Å². The molecule has 0 spiro atoms. The Morgan fingerprint density at radius 3 is 2.42 bits per heavy atom. The molecule has 11 heteroatoms. The van der Waals surface area contributed by atoms with Crippen LogP contribution in [-0.2, 0) is 24.8 Å². The summed E-state index contributed by atoms with van der Waals surface area (Å²) in [4.78, 5) is -0.572. The normalized spacial score (nSPS) is 15.5. The Morgan fingerprint density at radius 2 is 1.74 bits per heavy atom. The number of ether oxygens (including phenoxy) is 1. The molecule has 3 rings (SSSR count). The summed E-state index contributed by atoms with van der Waals surface area (Å²) in [5.74, 6) is -0.896. The first-order valence-electron chi connectivity index (χ1n) is 9.99. The van der Waals surface area contributed by atoms with Gasteiger partial charge in [0.05, 0.1) is 29.5 Å². The molecular weight excluding hydrogens is 445 g/mol. The number of sulfonamides is 2. The summed E-state index contributed by atoms with van der Waals surface area (Å²) in [6.07, 6.45) is 1.76. The van der Waals surface area contributed by atoms with E-state index in [1.165, 1.54) is 34.6 Å². The Hall–Kier alpha value is -2.21. The van der Waals surface area contributed by atoms with Crippen molar-refractivity contribution in [3.63, 3.8) is 0 Å². The largest absolute Gasteiger partial charge is 0.383 e. The molecular formula is C20H26FN3O5S2. The van der Waals surface area contributed by atoms with Gasteiger partial charge < -0.3 is 10.1 Å². The zero-order chi connectivity index (χ0) is 22.5. The highest BCUT2D eigenvalue weighted by Gasteiger charge is 2.28. The number of rotatable bonds is 9. The number of hydrogen-bond donors (Lipinski definition) is 2. The lowest BCUT2D eigenvalue weighted by Gasteiger charge is -2.26. The number of nitrogens with one attached hydrogen (secondary N) is 2. The molecule has 1 aliphatic rings. The second-order valence-electron chi connectivity index (χ2n) is 7.04. The highest BCUT2D eigenvalue weighted by atomic mass is 32.2. The summed E-state index contributed by atoms with van der Waals surface area (Å²) in [7, 11) is -8.12. The van der Waals surface area contributed by atoms with Gasteiger partial charge in [-0.2, -0.15) is 4.31 Å². The van der Waals surface area contributed by atoms with Gasteiger partial charge in [0.15, 0.2) is 0 Å². The maximum absolute atomic E-state index is 14.1. The molecule has 1 aliphatic heterocycles. The quantitative estimate of drug-likeness (QED) is 0.545. The van der Waals surface area contributed by atoms with Crippen molar-refractivity contribution in [1.29, 1.82) is 0 Å². The van der Waals surface area contributed by atoms with Crippen LogP contribution < -0.4 is 10.0 Å². The van der Waals surface area contributed by atoms with Gasteiger partial charge in [0.25, 0.3) is 10.0 Å². The number of anilines is 2. The van der Waals surface area contributed by atoms with Gasteiger partial charge in [-0.15, -0.1) is 0 Å². The second kappa shape index (κ2) is 9.94. The number of nitrogens with zero attached hydrogens (tertiary/aromatic N) is 1. The summed E-state index contributed by atoms with van der Waals surface area (Å²) >= 11 is 0. The summed E-state index contributed by atoms with van der Waals surface area (Å²) < 4.78 is 74.6. The molecule has 1 saturated heterocycles. The van der Waals surface area contributed by atoms with E-state index in [9.17, 15) is 21.2 Å². The molecule has 1 heterocycles. The molecule has 0 saturated carbocycles. The lowest BCUT2D eigenvalue weighted by molar-refractivity contribution is 0.0730. The minimum absolute atomic E-state index is 0.0358. The first-order chi connectivity index (χ1) is 14.8. The van der Waals surface area contributed by atoms with Crippen LogP contribution in [0.2, 0.25) is 0 Å². The zero-order valence-electron chi connectivity index (χ0n) is 17.2. The summed E-state index contributed by atoms with van der Waals surface area (Å²) in [5.41, 5.74) is 0.447.